The topological polar surface area (TPSA) is 64.9 Å². The third kappa shape index (κ3) is 2.78. The molecule has 1 aromatic carbocycles. The van der Waals surface area contributed by atoms with Crippen molar-refractivity contribution in [3.63, 3.8) is 0 Å². The third-order valence-corrected chi connectivity index (χ3v) is 3.85. The van der Waals surface area contributed by atoms with Crippen LogP contribution in [0.3, 0.4) is 0 Å². The second-order valence-corrected chi connectivity index (χ2v) is 5.26. The second kappa shape index (κ2) is 5.43. The lowest BCUT2D eigenvalue weighted by molar-refractivity contribution is 0.362. The maximum atomic E-state index is 5.93. The molecule has 1 aromatic heterocycles. The predicted octanol–water partition coefficient (Wildman–Crippen LogP) is 3.29. The standard InChI is InChI=1S/C15H19N3O/c16-13-9-5-4-8-12(13)10-14-17-15(18-19-14)11-6-2-1-3-7-11/h4-5,8-9,11H,1-3,6-7,10,16H2. The van der Waals surface area contributed by atoms with Crippen molar-refractivity contribution in [2.75, 3.05) is 5.73 Å². The van der Waals surface area contributed by atoms with Crippen LogP contribution in [0.15, 0.2) is 28.8 Å². The fraction of sp³-hybridized carbons (Fsp3) is 0.467. The fourth-order valence-electron chi connectivity index (χ4n) is 2.72. The summed E-state index contributed by atoms with van der Waals surface area (Å²) < 4.78 is 5.36. The Morgan fingerprint density at radius 2 is 1.95 bits per heavy atom. The first-order chi connectivity index (χ1) is 9.33. The van der Waals surface area contributed by atoms with Gasteiger partial charge in [-0.15, -0.1) is 0 Å². The molecule has 0 aliphatic heterocycles. The van der Waals surface area contributed by atoms with Crippen LogP contribution in [-0.4, -0.2) is 10.1 Å². The Balaban J connectivity index is 1.73. The first-order valence-corrected chi connectivity index (χ1v) is 6.99. The average molecular weight is 257 g/mol. The highest BCUT2D eigenvalue weighted by Gasteiger charge is 2.21. The van der Waals surface area contributed by atoms with Gasteiger partial charge in [-0.2, -0.15) is 4.98 Å². The largest absolute Gasteiger partial charge is 0.398 e. The first-order valence-electron chi connectivity index (χ1n) is 6.99. The number of rotatable bonds is 3. The van der Waals surface area contributed by atoms with E-state index in [4.69, 9.17) is 10.3 Å². The van der Waals surface area contributed by atoms with Crippen molar-refractivity contribution in [1.29, 1.82) is 0 Å². The molecule has 3 rings (SSSR count). The SMILES string of the molecule is Nc1ccccc1Cc1nc(C2CCCCC2)no1. The molecule has 1 aliphatic carbocycles. The van der Waals surface area contributed by atoms with E-state index in [-0.39, 0.29) is 0 Å². The van der Waals surface area contributed by atoms with E-state index >= 15 is 0 Å². The molecular formula is C15H19N3O. The predicted molar refractivity (Wildman–Crippen MR) is 73.8 cm³/mol. The van der Waals surface area contributed by atoms with Crippen LogP contribution >= 0.6 is 0 Å². The monoisotopic (exact) mass is 257 g/mol. The minimum atomic E-state index is 0.486. The Morgan fingerprint density at radius 3 is 2.74 bits per heavy atom. The number of nitrogens with zero attached hydrogens (tertiary/aromatic N) is 2. The van der Waals surface area contributed by atoms with Crippen LogP contribution in [0.4, 0.5) is 5.69 Å². The minimum Gasteiger partial charge on any atom is -0.398 e. The quantitative estimate of drug-likeness (QED) is 0.857. The molecule has 2 N–H and O–H groups in total. The maximum Gasteiger partial charge on any atom is 0.231 e. The summed E-state index contributed by atoms with van der Waals surface area (Å²) in [5, 5.41) is 4.14. The molecule has 0 amide bonds. The number of hydrogen-bond donors (Lipinski definition) is 1. The molecule has 0 atom stereocenters. The van der Waals surface area contributed by atoms with Gasteiger partial charge in [-0.1, -0.05) is 42.6 Å². The number of nitrogen functional groups attached to an aromatic ring is 1. The van der Waals surface area contributed by atoms with Gasteiger partial charge in [0.2, 0.25) is 5.89 Å². The number of nitrogens with two attached hydrogens (primary N) is 1. The summed E-state index contributed by atoms with van der Waals surface area (Å²) in [7, 11) is 0. The summed E-state index contributed by atoms with van der Waals surface area (Å²) in [6.45, 7) is 0. The molecular weight excluding hydrogens is 238 g/mol. The molecule has 100 valence electrons. The molecule has 1 aliphatic rings. The highest BCUT2D eigenvalue weighted by Crippen LogP contribution is 2.31. The molecule has 1 saturated carbocycles. The van der Waals surface area contributed by atoms with Crippen LogP contribution < -0.4 is 5.73 Å². The van der Waals surface area contributed by atoms with E-state index in [9.17, 15) is 0 Å². The van der Waals surface area contributed by atoms with Gasteiger partial charge in [0, 0.05) is 11.6 Å². The van der Waals surface area contributed by atoms with Crippen molar-refractivity contribution in [2.45, 2.75) is 44.4 Å². The molecule has 19 heavy (non-hydrogen) atoms. The van der Waals surface area contributed by atoms with Gasteiger partial charge in [0.05, 0.1) is 6.42 Å². The van der Waals surface area contributed by atoms with Crippen molar-refractivity contribution >= 4 is 5.69 Å². The highest BCUT2D eigenvalue weighted by atomic mass is 16.5. The van der Waals surface area contributed by atoms with Gasteiger partial charge < -0.3 is 10.3 Å². The average Bonchev–Trinajstić information content (AvgIpc) is 2.91. The molecule has 4 heteroatoms. The lowest BCUT2D eigenvalue weighted by atomic mass is 9.89. The molecule has 0 spiro atoms. The van der Waals surface area contributed by atoms with Gasteiger partial charge in [0.1, 0.15) is 0 Å². The number of para-hydroxylation sites is 1. The zero-order chi connectivity index (χ0) is 13.1. The van der Waals surface area contributed by atoms with E-state index in [2.05, 4.69) is 10.1 Å². The van der Waals surface area contributed by atoms with Gasteiger partial charge in [-0.05, 0) is 24.5 Å². The Morgan fingerprint density at radius 1 is 1.16 bits per heavy atom. The zero-order valence-corrected chi connectivity index (χ0v) is 11.0. The van der Waals surface area contributed by atoms with Crippen LogP contribution in [0.25, 0.3) is 0 Å². The van der Waals surface area contributed by atoms with Crippen LogP contribution in [0, 0.1) is 0 Å². The first kappa shape index (κ1) is 12.2. The highest BCUT2D eigenvalue weighted by molar-refractivity contribution is 5.47. The van der Waals surface area contributed by atoms with Gasteiger partial charge in [-0.3, -0.25) is 0 Å². The summed E-state index contributed by atoms with van der Waals surface area (Å²) in [5.74, 6) is 2.03. The second-order valence-electron chi connectivity index (χ2n) is 5.26. The van der Waals surface area contributed by atoms with Crippen molar-refractivity contribution in [3.05, 3.63) is 41.5 Å². The Labute approximate surface area is 113 Å². The molecule has 4 nitrogen and oxygen atoms in total. The number of hydrogen-bond acceptors (Lipinski definition) is 4. The zero-order valence-electron chi connectivity index (χ0n) is 11.0. The Hall–Kier alpha value is -1.84. The molecule has 1 fully saturated rings. The van der Waals surface area contributed by atoms with E-state index in [1.54, 1.807) is 0 Å². The van der Waals surface area contributed by atoms with Gasteiger partial charge >= 0.3 is 0 Å². The number of benzene rings is 1. The van der Waals surface area contributed by atoms with Crippen LogP contribution in [0.5, 0.6) is 0 Å². The van der Waals surface area contributed by atoms with Crippen molar-refractivity contribution < 1.29 is 4.52 Å². The molecule has 1 heterocycles. The summed E-state index contributed by atoms with van der Waals surface area (Å²) in [5.41, 5.74) is 7.75. The summed E-state index contributed by atoms with van der Waals surface area (Å²) in [6, 6.07) is 7.80. The molecule has 2 aromatic rings. The lowest BCUT2D eigenvalue weighted by Gasteiger charge is -2.17. The molecule has 0 bridgehead atoms. The summed E-state index contributed by atoms with van der Waals surface area (Å²) >= 11 is 0. The van der Waals surface area contributed by atoms with E-state index in [1.165, 1.54) is 32.1 Å². The minimum absolute atomic E-state index is 0.486. The molecule has 0 saturated heterocycles. The van der Waals surface area contributed by atoms with E-state index in [0.29, 0.717) is 18.2 Å². The third-order valence-electron chi connectivity index (χ3n) is 3.85. The van der Waals surface area contributed by atoms with Crippen LogP contribution in [0.2, 0.25) is 0 Å². The van der Waals surface area contributed by atoms with Gasteiger partial charge in [0.25, 0.3) is 0 Å². The lowest BCUT2D eigenvalue weighted by Crippen LogP contribution is -2.06. The van der Waals surface area contributed by atoms with Crippen molar-refractivity contribution in [3.8, 4) is 0 Å². The Bertz CT molecular complexity index is 544. The molecule has 0 radical (unpaired) electrons. The number of anilines is 1. The van der Waals surface area contributed by atoms with Crippen LogP contribution in [-0.2, 0) is 6.42 Å². The normalized spacial score (nSPS) is 16.6. The van der Waals surface area contributed by atoms with Gasteiger partial charge in [-0.25, -0.2) is 0 Å². The summed E-state index contributed by atoms with van der Waals surface area (Å²) in [4.78, 5) is 4.54. The molecule has 0 unspecified atom stereocenters. The maximum absolute atomic E-state index is 5.93. The van der Waals surface area contributed by atoms with Crippen molar-refractivity contribution in [1.82, 2.24) is 10.1 Å². The Kier molecular flexibility index (Phi) is 3.49. The van der Waals surface area contributed by atoms with E-state index < -0.39 is 0 Å². The van der Waals surface area contributed by atoms with E-state index in [0.717, 1.165) is 17.1 Å². The van der Waals surface area contributed by atoms with Gasteiger partial charge in [0.15, 0.2) is 5.82 Å². The fourth-order valence-corrected chi connectivity index (χ4v) is 2.72. The smallest absolute Gasteiger partial charge is 0.231 e. The van der Waals surface area contributed by atoms with Crippen LogP contribution in [0.1, 0.15) is 55.3 Å². The summed E-state index contributed by atoms with van der Waals surface area (Å²) in [6.07, 6.45) is 6.88. The number of aromatic nitrogens is 2. The van der Waals surface area contributed by atoms with E-state index in [1.807, 2.05) is 24.3 Å². The van der Waals surface area contributed by atoms with Crippen molar-refractivity contribution in [2.24, 2.45) is 0 Å².